The molecule has 0 spiro atoms. The van der Waals surface area contributed by atoms with Crippen molar-refractivity contribution >= 4 is 23.4 Å². The maximum atomic E-state index is 12.4. The molecule has 11 nitrogen and oxygen atoms in total. The molecule has 1 N–H and O–H groups in total. The van der Waals surface area contributed by atoms with Crippen molar-refractivity contribution in [2.24, 2.45) is 14.1 Å². The number of ether oxygens (including phenoxy) is 1. The summed E-state index contributed by atoms with van der Waals surface area (Å²) in [4.78, 5) is 34.8. The van der Waals surface area contributed by atoms with Gasteiger partial charge >= 0.3 is 11.7 Å². The van der Waals surface area contributed by atoms with E-state index in [1.807, 2.05) is 0 Å². The molecule has 24 heavy (non-hydrogen) atoms. The van der Waals surface area contributed by atoms with E-state index in [1.165, 1.54) is 36.6 Å². The van der Waals surface area contributed by atoms with Gasteiger partial charge in [-0.2, -0.15) is 10.2 Å². The Labute approximate surface area is 136 Å². The Hall–Kier alpha value is -3.24. The summed E-state index contributed by atoms with van der Waals surface area (Å²) >= 11 is 0. The Morgan fingerprint density at radius 3 is 2.62 bits per heavy atom. The Balaban J connectivity index is 2.38. The van der Waals surface area contributed by atoms with Crippen LogP contribution in [0.3, 0.4) is 0 Å². The molecular formula is C13H16N6O5. The minimum Gasteiger partial charge on any atom is -0.462 e. The number of hydrogen-bond donors (Lipinski definition) is 1. The lowest BCUT2D eigenvalue weighted by Gasteiger charge is -2.06. The number of aromatic nitrogens is 4. The van der Waals surface area contributed by atoms with Gasteiger partial charge in [0.05, 0.1) is 17.7 Å². The number of nitrogens with one attached hydrogen (secondary N) is 1. The van der Waals surface area contributed by atoms with E-state index in [-0.39, 0.29) is 29.4 Å². The third-order valence-corrected chi connectivity index (χ3v) is 3.37. The smallest absolute Gasteiger partial charge is 0.343 e. The molecule has 2 aromatic heterocycles. The van der Waals surface area contributed by atoms with Gasteiger partial charge in [-0.15, -0.1) is 0 Å². The van der Waals surface area contributed by atoms with Crippen LogP contribution in [0.5, 0.6) is 0 Å². The minimum absolute atomic E-state index is 0.0445. The van der Waals surface area contributed by atoms with Crippen molar-refractivity contribution in [2.75, 3.05) is 11.9 Å². The van der Waals surface area contributed by atoms with Crippen LogP contribution in [0.4, 0.5) is 11.5 Å². The number of amides is 1. The number of rotatable bonds is 5. The van der Waals surface area contributed by atoms with Crippen molar-refractivity contribution in [2.45, 2.75) is 13.8 Å². The van der Waals surface area contributed by atoms with E-state index >= 15 is 0 Å². The molecule has 0 fully saturated rings. The van der Waals surface area contributed by atoms with Gasteiger partial charge in [0.25, 0.3) is 5.91 Å². The van der Waals surface area contributed by atoms with Crippen molar-refractivity contribution in [3.63, 3.8) is 0 Å². The zero-order valence-corrected chi connectivity index (χ0v) is 13.6. The summed E-state index contributed by atoms with van der Waals surface area (Å²) in [6, 6.07) is 0. The Bertz CT molecular complexity index is 821. The Kier molecular flexibility index (Phi) is 4.62. The van der Waals surface area contributed by atoms with Gasteiger partial charge in [0.1, 0.15) is 17.1 Å². The first-order valence-electron chi connectivity index (χ1n) is 6.96. The number of hydrogen-bond acceptors (Lipinski definition) is 7. The molecule has 11 heteroatoms. The lowest BCUT2D eigenvalue weighted by Crippen LogP contribution is -2.19. The molecule has 0 aromatic carbocycles. The van der Waals surface area contributed by atoms with Crippen LogP contribution in [0, 0.1) is 17.0 Å². The van der Waals surface area contributed by atoms with Crippen LogP contribution < -0.4 is 5.32 Å². The van der Waals surface area contributed by atoms with E-state index in [2.05, 4.69) is 15.5 Å². The van der Waals surface area contributed by atoms with Crippen molar-refractivity contribution in [1.82, 2.24) is 19.6 Å². The van der Waals surface area contributed by atoms with Gasteiger partial charge in [0.15, 0.2) is 0 Å². The minimum atomic E-state index is -0.820. The van der Waals surface area contributed by atoms with Gasteiger partial charge < -0.3 is 10.1 Å². The molecule has 0 radical (unpaired) electrons. The number of carbonyl (C=O) groups excluding carboxylic acids is 2. The third-order valence-electron chi connectivity index (χ3n) is 3.37. The second-order valence-electron chi connectivity index (χ2n) is 4.87. The zero-order valence-electron chi connectivity index (χ0n) is 13.6. The molecule has 0 unspecified atom stereocenters. The highest BCUT2D eigenvalue weighted by Crippen LogP contribution is 2.24. The first-order chi connectivity index (χ1) is 11.3. The predicted octanol–water partition coefficient (Wildman–Crippen LogP) is 0.799. The largest absolute Gasteiger partial charge is 0.462 e. The third kappa shape index (κ3) is 2.95. The summed E-state index contributed by atoms with van der Waals surface area (Å²) in [5, 5.41) is 21.4. The summed E-state index contributed by atoms with van der Waals surface area (Å²) in [6.07, 6.45) is 1.24. The van der Waals surface area contributed by atoms with E-state index in [0.717, 1.165) is 0 Å². The van der Waals surface area contributed by atoms with Crippen molar-refractivity contribution in [3.05, 3.63) is 33.3 Å². The lowest BCUT2D eigenvalue weighted by atomic mass is 10.2. The highest BCUT2D eigenvalue weighted by molar-refractivity contribution is 6.08. The van der Waals surface area contributed by atoms with E-state index < -0.39 is 22.5 Å². The van der Waals surface area contributed by atoms with Crippen LogP contribution in [-0.4, -0.2) is 43.0 Å². The molecule has 0 bridgehead atoms. The number of nitrogens with zero attached hydrogens (tertiary/aromatic N) is 5. The fraction of sp³-hybridized carbons (Fsp3) is 0.385. The second-order valence-corrected chi connectivity index (χ2v) is 4.87. The quantitative estimate of drug-likeness (QED) is 0.484. The van der Waals surface area contributed by atoms with Crippen LogP contribution in [0.15, 0.2) is 6.20 Å². The fourth-order valence-corrected chi connectivity index (χ4v) is 2.08. The van der Waals surface area contributed by atoms with Crippen LogP contribution in [0.1, 0.15) is 33.5 Å². The number of anilines is 1. The summed E-state index contributed by atoms with van der Waals surface area (Å²) in [5.74, 6) is -1.41. The monoisotopic (exact) mass is 336 g/mol. The highest BCUT2D eigenvalue weighted by Gasteiger charge is 2.30. The maximum Gasteiger partial charge on any atom is 0.343 e. The molecule has 0 aliphatic rings. The lowest BCUT2D eigenvalue weighted by molar-refractivity contribution is -0.385. The van der Waals surface area contributed by atoms with Gasteiger partial charge in [0, 0.05) is 14.1 Å². The van der Waals surface area contributed by atoms with Crippen molar-refractivity contribution in [1.29, 1.82) is 0 Å². The zero-order chi connectivity index (χ0) is 18.0. The van der Waals surface area contributed by atoms with Crippen LogP contribution in [0.25, 0.3) is 0 Å². The first-order valence-corrected chi connectivity index (χ1v) is 6.96. The molecule has 2 rings (SSSR count). The van der Waals surface area contributed by atoms with Gasteiger partial charge in [0.2, 0.25) is 5.69 Å². The van der Waals surface area contributed by atoms with Gasteiger partial charge in [-0.1, -0.05) is 0 Å². The van der Waals surface area contributed by atoms with Crippen LogP contribution in [0.2, 0.25) is 0 Å². The average molecular weight is 336 g/mol. The molecule has 0 saturated carbocycles. The summed E-state index contributed by atoms with van der Waals surface area (Å²) in [5.41, 5.74) is -0.463. The molecule has 2 aromatic rings. The number of carbonyl (C=O) groups is 2. The van der Waals surface area contributed by atoms with E-state index in [0.29, 0.717) is 0 Å². The summed E-state index contributed by atoms with van der Waals surface area (Å²) < 4.78 is 7.38. The Morgan fingerprint density at radius 2 is 2.04 bits per heavy atom. The van der Waals surface area contributed by atoms with Gasteiger partial charge in [-0.05, 0) is 13.8 Å². The van der Waals surface area contributed by atoms with Crippen molar-refractivity contribution in [3.8, 4) is 0 Å². The second kappa shape index (κ2) is 6.48. The molecule has 0 aliphatic carbocycles. The van der Waals surface area contributed by atoms with Gasteiger partial charge in [-0.3, -0.25) is 24.3 Å². The maximum absolute atomic E-state index is 12.4. The molecule has 0 saturated heterocycles. The highest BCUT2D eigenvalue weighted by atomic mass is 16.6. The number of aryl methyl sites for hydroxylation is 2. The van der Waals surface area contributed by atoms with Crippen molar-refractivity contribution < 1.29 is 19.2 Å². The van der Waals surface area contributed by atoms with E-state index in [4.69, 9.17) is 4.74 Å². The molecule has 2 heterocycles. The normalized spacial score (nSPS) is 10.5. The summed E-state index contributed by atoms with van der Waals surface area (Å²) in [7, 11) is 3.00. The van der Waals surface area contributed by atoms with E-state index in [1.54, 1.807) is 6.92 Å². The molecule has 128 valence electrons. The molecular weight excluding hydrogens is 320 g/mol. The molecule has 0 atom stereocenters. The van der Waals surface area contributed by atoms with Crippen LogP contribution >= 0.6 is 0 Å². The topological polar surface area (TPSA) is 134 Å². The van der Waals surface area contributed by atoms with E-state index in [9.17, 15) is 19.7 Å². The molecule has 1 amide bonds. The SMILES string of the molecule is CCOC(=O)c1cnn(C)c1NC(=O)c1nn(C)c(C)c1[N+](=O)[O-]. The summed E-state index contributed by atoms with van der Waals surface area (Å²) in [6.45, 7) is 3.29. The number of esters is 1. The molecule has 0 aliphatic heterocycles. The predicted molar refractivity (Wildman–Crippen MR) is 81.7 cm³/mol. The van der Waals surface area contributed by atoms with Crippen LogP contribution in [-0.2, 0) is 18.8 Å². The Morgan fingerprint density at radius 1 is 1.38 bits per heavy atom. The number of nitro groups is 1. The fourth-order valence-electron chi connectivity index (χ4n) is 2.08. The first kappa shape index (κ1) is 17.1. The average Bonchev–Trinajstić information content (AvgIpc) is 3.01. The standard InChI is InChI=1S/C13H16N6O5/c1-5-24-13(21)8-6-14-18(4)11(8)15-12(20)9-10(19(22)23)7(2)17(3)16-9/h6H,5H2,1-4H3,(H,15,20). The van der Waals surface area contributed by atoms with Gasteiger partial charge in [-0.25, -0.2) is 4.79 Å².